The Labute approximate surface area is 108 Å². The first-order chi connectivity index (χ1) is 8.97. The lowest BCUT2D eigenvalue weighted by Gasteiger charge is -2.07. The number of aryl methyl sites for hydroxylation is 1. The van der Waals surface area contributed by atoms with Gasteiger partial charge in [0.2, 0.25) is 0 Å². The molecule has 2 aromatic carbocycles. The molecule has 1 amide bonds. The predicted molar refractivity (Wildman–Crippen MR) is 67.2 cm³/mol. The SMILES string of the molecule is Cc1ccc(NC(=O)c2cc(F)ccc2O)cc1F. The highest BCUT2D eigenvalue weighted by Crippen LogP contribution is 2.20. The zero-order valence-electron chi connectivity index (χ0n) is 10.1. The Morgan fingerprint density at radius 1 is 1.16 bits per heavy atom. The van der Waals surface area contributed by atoms with Crippen molar-refractivity contribution in [1.82, 2.24) is 0 Å². The molecule has 0 aliphatic carbocycles. The topological polar surface area (TPSA) is 49.3 Å². The molecule has 0 aliphatic rings. The Morgan fingerprint density at radius 2 is 1.89 bits per heavy atom. The van der Waals surface area contributed by atoms with Crippen LogP contribution in [0.25, 0.3) is 0 Å². The van der Waals surface area contributed by atoms with Crippen LogP contribution in [0.3, 0.4) is 0 Å². The number of carbonyl (C=O) groups excluding carboxylic acids is 1. The maximum absolute atomic E-state index is 13.3. The highest BCUT2D eigenvalue weighted by molar-refractivity contribution is 6.06. The average molecular weight is 263 g/mol. The van der Waals surface area contributed by atoms with Crippen LogP contribution in [0.5, 0.6) is 5.75 Å². The summed E-state index contributed by atoms with van der Waals surface area (Å²) < 4.78 is 26.3. The van der Waals surface area contributed by atoms with Crippen molar-refractivity contribution >= 4 is 11.6 Å². The number of anilines is 1. The highest BCUT2D eigenvalue weighted by atomic mass is 19.1. The molecule has 2 N–H and O–H groups in total. The van der Waals surface area contributed by atoms with Crippen molar-refractivity contribution < 1.29 is 18.7 Å². The number of hydrogen-bond donors (Lipinski definition) is 2. The van der Waals surface area contributed by atoms with Crippen LogP contribution in [0.4, 0.5) is 14.5 Å². The molecule has 0 saturated heterocycles. The van der Waals surface area contributed by atoms with E-state index in [1.54, 1.807) is 6.92 Å². The number of phenolic OH excluding ortho intramolecular Hbond substituents is 1. The zero-order chi connectivity index (χ0) is 14.0. The first-order valence-corrected chi connectivity index (χ1v) is 5.53. The van der Waals surface area contributed by atoms with Gasteiger partial charge in [-0.1, -0.05) is 6.07 Å². The molecular formula is C14H11F2NO2. The molecule has 0 aromatic heterocycles. The number of nitrogens with one attached hydrogen (secondary N) is 1. The normalized spacial score (nSPS) is 10.3. The van der Waals surface area contributed by atoms with Gasteiger partial charge in [0.1, 0.15) is 17.4 Å². The number of phenols is 1. The first kappa shape index (κ1) is 13.0. The van der Waals surface area contributed by atoms with Crippen molar-refractivity contribution in [1.29, 1.82) is 0 Å². The second-order valence-electron chi connectivity index (χ2n) is 4.08. The van der Waals surface area contributed by atoms with Crippen LogP contribution in [0.2, 0.25) is 0 Å². The van der Waals surface area contributed by atoms with Crippen LogP contribution in [-0.2, 0) is 0 Å². The Kier molecular flexibility index (Phi) is 3.46. The molecule has 0 fully saturated rings. The zero-order valence-corrected chi connectivity index (χ0v) is 10.1. The molecule has 0 radical (unpaired) electrons. The van der Waals surface area contributed by atoms with E-state index in [1.807, 2.05) is 0 Å². The van der Waals surface area contributed by atoms with Gasteiger partial charge in [0.05, 0.1) is 5.56 Å². The monoisotopic (exact) mass is 263 g/mol. The number of aromatic hydroxyl groups is 1. The van der Waals surface area contributed by atoms with Gasteiger partial charge in [-0.05, 0) is 42.8 Å². The van der Waals surface area contributed by atoms with E-state index in [4.69, 9.17) is 0 Å². The van der Waals surface area contributed by atoms with Crippen molar-refractivity contribution in [3.8, 4) is 5.75 Å². The minimum atomic E-state index is -0.708. The van der Waals surface area contributed by atoms with Crippen LogP contribution in [0.1, 0.15) is 15.9 Å². The molecule has 0 atom stereocenters. The summed E-state index contributed by atoms with van der Waals surface area (Å²) in [7, 11) is 0. The number of benzene rings is 2. The Morgan fingerprint density at radius 3 is 2.58 bits per heavy atom. The molecule has 3 nitrogen and oxygen atoms in total. The Balaban J connectivity index is 2.25. The standard InChI is InChI=1S/C14H11F2NO2/c1-8-2-4-10(7-12(8)16)17-14(19)11-6-9(15)3-5-13(11)18/h2-7,18H,1H3,(H,17,19). The minimum absolute atomic E-state index is 0.207. The number of halogens is 2. The van der Waals surface area contributed by atoms with Gasteiger partial charge in [0, 0.05) is 5.69 Å². The molecule has 0 heterocycles. The predicted octanol–water partition coefficient (Wildman–Crippen LogP) is 3.23. The summed E-state index contributed by atoms with van der Waals surface area (Å²) in [6, 6.07) is 7.22. The molecular weight excluding hydrogens is 252 g/mol. The van der Waals surface area contributed by atoms with Gasteiger partial charge in [0.15, 0.2) is 0 Å². The van der Waals surface area contributed by atoms with Gasteiger partial charge >= 0.3 is 0 Å². The quantitative estimate of drug-likeness (QED) is 0.873. The summed E-state index contributed by atoms with van der Waals surface area (Å²) in [5.74, 6) is -2.15. The van der Waals surface area contributed by atoms with E-state index in [9.17, 15) is 18.7 Å². The number of amides is 1. The Hall–Kier alpha value is -2.43. The maximum atomic E-state index is 13.3. The van der Waals surface area contributed by atoms with E-state index in [-0.39, 0.29) is 17.0 Å². The van der Waals surface area contributed by atoms with E-state index >= 15 is 0 Å². The molecule has 2 rings (SSSR count). The fraction of sp³-hybridized carbons (Fsp3) is 0.0714. The second kappa shape index (κ2) is 5.06. The largest absolute Gasteiger partial charge is 0.507 e. The molecule has 0 saturated carbocycles. The van der Waals surface area contributed by atoms with E-state index < -0.39 is 17.5 Å². The lowest BCUT2D eigenvalue weighted by Crippen LogP contribution is -2.12. The second-order valence-corrected chi connectivity index (χ2v) is 4.08. The van der Waals surface area contributed by atoms with Gasteiger partial charge < -0.3 is 10.4 Å². The molecule has 0 spiro atoms. The molecule has 98 valence electrons. The van der Waals surface area contributed by atoms with Crippen LogP contribution in [0, 0.1) is 18.6 Å². The molecule has 2 aromatic rings. The molecule has 19 heavy (non-hydrogen) atoms. The van der Waals surface area contributed by atoms with Crippen molar-refractivity contribution in [2.75, 3.05) is 5.32 Å². The van der Waals surface area contributed by atoms with Crippen LogP contribution in [-0.4, -0.2) is 11.0 Å². The van der Waals surface area contributed by atoms with Gasteiger partial charge in [-0.15, -0.1) is 0 Å². The summed E-state index contributed by atoms with van der Waals surface area (Å²) >= 11 is 0. The van der Waals surface area contributed by atoms with Crippen molar-refractivity contribution in [3.05, 3.63) is 59.2 Å². The third-order valence-electron chi connectivity index (χ3n) is 2.63. The fourth-order valence-corrected chi connectivity index (χ4v) is 1.56. The first-order valence-electron chi connectivity index (χ1n) is 5.53. The highest BCUT2D eigenvalue weighted by Gasteiger charge is 2.13. The smallest absolute Gasteiger partial charge is 0.259 e. The van der Waals surface area contributed by atoms with Gasteiger partial charge in [-0.3, -0.25) is 4.79 Å². The Bertz CT molecular complexity index is 641. The molecule has 0 aliphatic heterocycles. The van der Waals surface area contributed by atoms with Crippen LogP contribution in [0.15, 0.2) is 36.4 Å². The maximum Gasteiger partial charge on any atom is 0.259 e. The summed E-state index contributed by atoms with van der Waals surface area (Å²) in [5, 5.41) is 11.9. The van der Waals surface area contributed by atoms with Gasteiger partial charge in [-0.25, -0.2) is 8.78 Å². The van der Waals surface area contributed by atoms with Crippen LogP contribution < -0.4 is 5.32 Å². The summed E-state index contributed by atoms with van der Waals surface area (Å²) in [4.78, 5) is 11.8. The summed E-state index contributed by atoms with van der Waals surface area (Å²) in [5.41, 5.74) is 0.476. The molecule has 0 unspecified atom stereocenters. The van der Waals surface area contributed by atoms with E-state index in [0.717, 1.165) is 24.3 Å². The van der Waals surface area contributed by atoms with E-state index in [1.165, 1.54) is 12.1 Å². The van der Waals surface area contributed by atoms with E-state index in [2.05, 4.69) is 5.32 Å². The van der Waals surface area contributed by atoms with E-state index in [0.29, 0.717) is 5.56 Å². The average Bonchev–Trinajstić information content (AvgIpc) is 2.36. The summed E-state index contributed by atoms with van der Waals surface area (Å²) in [6.45, 7) is 1.60. The number of hydrogen-bond acceptors (Lipinski definition) is 2. The lowest BCUT2D eigenvalue weighted by atomic mass is 10.1. The fourth-order valence-electron chi connectivity index (χ4n) is 1.56. The van der Waals surface area contributed by atoms with Crippen molar-refractivity contribution in [2.45, 2.75) is 6.92 Å². The third kappa shape index (κ3) is 2.88. The molecule has 0 bridgehead atoms. The minimum Gasteiger partial charge on any atom is -0.507 e. The van der Waals surface area contributed by atoms with Crippen molar-refractivity contribution in [3.63, 3.8) is 0 Å². The number of rotatable bonds is 2. The number of carbonyl (C=O) groups is 1. The summed E-state index contributed by atoms with van der Waals surface area (Å²) in [6.07, 6.45) is 0. The van der Waals surface area contributed by atoms with Gasteiger partial charge in [0.25, 0.3) is 5.91 Å². The molecule has 5 heteroatoms. The third-order valence-corrected chi connectivity index (χ3v) is 2.63. The lowest BCUT2D eigenvalue weighted by molar-refractivity contribution is 0.102. The van der Waals surface area contributed by atoms with Crippen molar-refractivity contribution in [2.24, 2.45) is 0 Å². The van der Waals surface area contributed by atoms with Gasteiger partial charge in [-0.2, -0.15) is 0 Å². The van der Waals surface area contributed by atoms with Crippen LogP contribution >= 0.6 is 0 Å².